The molecule has 2 fully saturated rings. The molecule has 1 aromatic heterocycles. The van der Waals surface area contributed by atoms with Crippen LogP contribution >= 0.6 is 11.3 Å². The Bertz CT molecular complexity index is 1520. The fourth-order valence-electron chi connectivity index (χ4n) is 5.55. The third-order valence-corrected chi connectivity index (χ3v) is 9.18. The standard InChI is InChI=1S/C31H34N4O3S.2H2/c1-4-24(32-22-14-13-20-9-5-6-10-21(20)15-22)29(37)35-18-23(16-26(35)28(36)34-31(3)17-19(31)2)38-30-33-25-11-7-8-12-27(25)39-30;;/h5-15,19,23-24,26,32H,4,16-18H2,1-3H3,(H,34,36);2*1H/t19-,23-,24+,26+,31-;;/m1../s1. The van der Waals surface area contributed by atoms with Gasteiger partial charge in [0.25, 0.3) is 5.19 Å². The van der Waals surface area contributed by atoms with Gasteiger partial charge in [-0.25, -0.2) is 4.98 Å². The van der Waals surface area contributed by atoms with Crippen molar-refractivity contribution in [1.82, 2.24) is 15.2 Å². The van der Waals surface area contributed by atoms with Gasteiger partial charge in [-0.2, -0.15) is 0 Å². The number of carbonyl (C=O) groups excluding carboxylic acids is 2. The number of rotatable bonds is 8. The largest absolute Gasteiger partial charge is 0.465 e. The molecule has 2 amide bonds. The highest BCUT2D eigenvalue weighted by atomic mass is 32.1. The Balaban J connectivity index is 0.00000194. The number of thiazole rings is 1. The quantitative estimate of drug-likeness (QED) is 0.279. The Labute approximate surface area is 235 Å². The molecule has 7 nitrogen and oxygen atoms in total. The molecule has 8 heteroatoms. The molecule has 1 saturated carbocycles. The van der Waals surface area contributed by atoms with Crippen molar-refractivity contribution in [3.63, 3.8) is 0 Å². The van der Waals surface area contributed by atoms with Crippen molar-refractivity contribution >= 4 is 49.8 Å². The highest BCUT2D eigenvalue weighted by Gasteiger charge is 2.51. The van der Waals surface area contributed by atoms with Crippen molar-refractivity contribution in [1.29, 1.82) is 0 Å². The molecule has 0 radical (unpaired) electrons. The molecule has 2 heterocycles. The van der Waals surface area contributed by atoms with Gasteiger partial charge in [0.2, 0.25) is 11.8 Å². The summed E-state index contributed by atoms with van der Waals surface area (Å²) in [6.45, 7) is 6.54. The van der Waals surface area contributed by atoms with E-state index in [-0.39, 0.29) is 26.3 Å². The van der Waals surface area contributed by atoms with Crippen LogP contribution in [0.1, 0.15) is 42.9 Å². The van der Waals surface area contributed by atoms with Crippen molar-refractivity contribution in [2.24, 2.45) is 5.92 Å². The minimum Gasteiger partial charge on any atom is -0.465 e. The maximum absolute atomic E-state index is 14.0. The minimum absolute atomic E-state index is 0. The van der Waals surface area contributed by atoms with Gasteiger partial charge < -0.3 is 20.3 Å². The van der Waals surface area contributed by atoms with Crippen molar-refractivity contribution in [2.45, 2.75) is 63.8 Å². The van der Waals surface area contributed by atoms with Crippen LogP contribution in [0, 0.1) is 5.92 Å². The van der Waals surface area contributed by atoms with Gasteiger partial charge in [-0.05, 0) is 60.7 Å². The van der Waals surface area contributed by atoms with E-state index in [2.05, 4.69) is 53.7 Å². The number of likely N-dealkylation sites (tertiary alicyclic amines) is 1. The van der Waals surface area contributed by atoms with Crippen LogP contribution in [-0.2, 0) is 9.59 Å². The smallest absolute Gasteiger partial charge is 0.274 e. The zero-order valence-corrected chi connectivity index (χ0v) is 23.3. The number of carbonyl (C=O) groups is 2. The number of aromatic nitrogens is 1. The van der Waals surface area contributed by atoms with Crippen LogP contribution in [0.25, 0.3) is 21.0 Å². The predicted octanol–water partition coefficient (Wildman–Crippen LogP) is 6.10. The van der Waals surface area contributed by atoms with Crippen LogP contribution in [0.15, 0.2) is 66.7 Å². The van der Waals surface area contributed by atoms with E-state index in [1.165, 1.54) is 11.3 Å². The number of amides is 2. The lowest BCUT2D eigenvalue weighted by Crippen LogP contribution is -2.52. The van der Waals surface area contributed by atoms with Gasteiger partial charge in [0.15, 0.2) is 0 Å². The first-order valence-corrected chi connectivity index (χ1v) is 14.5. The molecule has 2 N–H and O–H groups in total. The molecule has 4 aromatic rings. The molecular weight excluding hydrogens is 508 g/mol. The van der Waals surface area contributed by atoms with E-state index in [1.54, 1.807) is 4.90 Å². The summed E-state index contributed by atoms with van der Waals surface area (Å²) in [5, 5.41) is 9.48. The summed E-state index contributed by atoms with van der Waals surface area (Å²) >= 11 is 1.49. The lowest BCUT2D eigenvalue weighted by atomic mass is 10.1. The van der Waals surface area contributed by atoms with E-state index >= 15 is 0 Å². The molecule has 0 spiro atoms. The first-order valence-electron chi connectivity index (χ1n) is 13.7. The van der Waals surface area contributed by atoms with Gasteiger partial charge in [0.1, 0.15) is 18.2 Å². The molecule has 5 atom stereocenters. The van der Waals surface area contributed by atoms with E-state index in [0.29, 0.717) is 30.5 Å². The second-order valence-electron chi connectivity index (χ2n) is 11.1. The van der Waals surface area contributed by atoms with Gasteiger partial charge >= 0.3 is 0 Å². The lowest BCUT2D eigenvalue weighted by molar-refractivity contribution is -0.139. The number of nitrogens with one attached hydrogen (secondary N) is 2. The molecule has 39 heavy (non-hydrogen) atoms. The summed E-state index contributed by atoms with van der Waals surface area (Å²) < 4.78 is 7.33. The van der Waals surface area contributed by atoms with Crippen LogP contribution in [0.4, 0.5) is 5.69 Å². The summed E-state index contributed by atoms with van der Waals surface area (Å²) in [6, 6.07) is 21.1. The second kappa shape index (κ2) is 10.2. The molecule has 1 saturated heterocycles. The van der Waals surface area contributed by atoms with Gasteiger partial charge in [-0.1, -0.05) is 67.6 Å². The number of ether oxygens (including phenoxy) is 1. The van der Waals surface area contributed by atoms with Crippen LogP contribution in [0.5, 0.6) is 5.19 Å². The number of fused-ring (bicyclic) bond motifs is 2. The summed E-state index contributed by atoms with van der Waals surface area (Å²) in [6.07, 6.45) is 1.67. The van der Waals surface area contributed by atoms with Crippen molar-refractivity contribution in [3.8, 4) is 5.19 Å². The van der Waals surface area contributed by atoms with Crippen LogP contribution in [0.3, 0.4) is 0 Å². The molecule has 1 aliphatic heterocycles. The molecule has 0 bridgehead atoms. The van der Waals surface area contributed by atoms with E-state index in [9.17, 15) is 9.59 Å². The average Bonchev–Trinajstić information content (AvgIpc) is 3.27. The van der Waals surface area contributed by atoms with Crippen molar-refractivity contribution < 1.29 is 17.2 Å². The molecule has 206 valence electrons. The number of anilines is 1. The monoisotopic (exact) mass is 546 g/mol. The predicted molar refractivity (Wildman–Crippen MR) is 160 cm³/mol. The van der Waals surface area contributed by atoms with Gasteiger partial charge in [0, 0.05) is 20.5 Å². The Morgan fingerprint density at radius 2 is 1.90 bits per heavy atom. The van der Waals surface area contributed by atoms with Crippen LogP contribution in [0.2, 0.25) is 0 Å². The maximum Gasteiger partial charge on any atom is 0.274 e. The number of hydrogen-bond donors (Lipinski definition) is 2. The third-order valence-electron chi connectivity index (χ3n) is 8.25. The minimum atomic E-state index is -0.589. The van der Waals surface area contributed by atoms with Crippen LogP contribution < -0.4 is 15.4 Å². The summed E-state index contributed by atoms with van der Waals surface area (Å²) in [4.78, 5) is 33.8. The van der Waals surface area contributed by atoms with E-state index in [0.717, 1.165) is 33.1 Å². The summed E-state index contributed by atoms with van der Waals surface area (Å²) in [7, 11) is 0. The van der Waals surface area contributed by atoms with E-state index in [1.807, 2.05) is 49.4 Å². The third kappa shape index (κ3) is 5.17. The Kier molecular flexibility index (Phi) is 6.67. The Hall–Kier alpha value is -3.65. The topological polar surface area (TPSA) is 83.6 Å². The fraction of sp³-hybridized carbons (Fsp3) is 0.387. The number of nitrogens with zero attached hydrogens (tertiary/aromatic N) is 2. The summed E-state index contributed by atoms with van der Waals surface area (Å²) in [5.41, 5.74) is 1.57. The Morgan fingerprint density at radius 3 is 2.64 bits per heavy atom. The number of benzene rings is 3. The zero-order valence-electron chi connectivity index (χ0n) is 22.5. The molecule has 3 aromatic carbocycles. The highest BCUT2D eigenvalue weighted by Crippen LogP contribution is 2.42. The fourth-order valence-corrected chi connectivity index (χ4v) is 6.44. The zero-order chi connectivity index (χ0) is 27.1. The van der Waals surface area contributed by atoms with Gasteiger partial charge in [0.05, 0.1) is 16.8 Å². The highest BCUT2D eigenvalue weighted by molar-refractivity contribution is 7.20. The van der Waals surface area contributed by atoms with Gasteiger partial charge in [-0.15, -0.1) is 0 Å². The lowest BCUT2D eigenvalue weighted by Gasteiger charge is -2.29. The SMILES string of the molecule is CC[C@H](Nc1ccc2ccccc2c1)C(=O)N1C[C@H](Oc2nc3ccccc3s2)C[C@H]1C(=O)N[C@]1(C)C[C@H]1C.[HH].[HH]. The van der Waals surface area contributed by atoms with E-state index < -0.39 is 12.1 Å². The maximum atomic E-state index is 14.0. The molecular formula is C31H38N4O3S. The number of hydrogen-bond acceptors (Lipinski definition) is 6. The first kappa shape index (κ1) is 25.6. The molecule has 6 rings (SSSR count). The first-order chi connectivity index (χ1) is 18.8. The molecule has 0 unspecified atom stereocenters. The number of para-hydroxylation sites is 1. The van der Waals surface area contributed by atoms with E-state index in [4.69, 9.17) is 4.74 Å². The molecule has 2 aliphatic rings. The molecule has 1 aliphatic carbocycles. The average molecular weight is 547 g/mol. The second-order valence-corrected chi connectivity index (χ2v) is 12.1. The van der Waals surface area contributed by atoms with Crippen molar-refractivity contribution in [3.05, 3.63) is 66.7 Å². The van der Waals surface area contributed by atoms with Gasteiger partial charge in [-0.3, -0.25) is 9.59 Å². The normalized spacial score (nSPS) is 25.0. The van der Waals surface area contributed by atoms with Crippen molar-refractivity contribution in [2.75, 3.05) is 11.9 Å². The summed E-state index contributed by atoms with van der Waals surface area (Å²) in [5.74, 6) is 0.237. The Morgan fingerprint density at radius 1 is 1.15 bits per heavy atom. The van der Waals surface area contributed by atoms with Crippen LogP contribution in [-0.4, -0.2) is 52.0 Å².